The van der Waals surface area contributed by atoms with Crippen LogP contribution in [0.4, 0.5) is 11.4 Å². The summed E-state index contributed by atoms with van der Waals surface area (Å²) in [5.41, 5.74) is 3.48. The van der Waals surface area contributed by atoms with E-state index in [9.17, 15) is 9.90 Å². The van der Waals surface area contributed by atoms with E-state index in [1.165, 1.54) is 0 Å². The summed E-state index contributed by atoms with van der Waals surface area (Å²) < 4.78 is 17.4. The number of aliphatic hydroxyl groups is 1. The van der Waals surface area contributed by atoms with Crippen molar-refractivity contribution in [2.24, 2.45) is 0 Å². The predicted molar refractivity (Wildman–Crippen MR) is 137 cm³/mol. The number of hydrogen-bond acceptors (Lipinski definition) is 7. The molecule has 0 radical (unpaired) electrons. The summed E-state index contributed by atoms with van der Waals surface area (Å²) in [6.07, 6.45) is 4.76. The lowest BCUT2D eigenvalue weighted by Gasteiger charge is -2.38. The van der Waals surface area contributed by atoms with Gasteiger partial charge in [-0.05, 0) is 31.5 Å². The zero-order chi connectivity index (χ0) is 25.3. The number of nitrogens with one attached hydrogen (secondary N) is 3. The van der Waals surface area contributed by atoms with Crippen LogP contribution in [0.2, 0.25) is 5.02 Å². The molecule has 10 heteroatoms. The van der Waals surface area contributed by atoms with Crippen molar-refractivity contribution in [3.63, 3.8) is 0 Å². The minimum atomic E-state index is -0.330. The number of H-pyrrole nitrogens is 1. The number of benzene rings is 1. The number of aromatic amines is 1. The summed E-state index contributed by atoms with van der Waals surface area (Å²) in [5.74, 6) is 0.737. The minimum absolute atomic E-state index is 0.00140. The van der Waals surface area contributed by atoms with Crippen LogP contribution in [0.5, 0.6) is 11.5 Å². The fourth-order valence-corrected chi connectivity index (χ4v) is 4.89. The number of aromatic nitrogens is 2. The molecule has 36 heavy (non-hydrogen) atoms. The standard InChI is InChI=1S/C26H29ClN4O5/c1-26(8-11-36-26)14-35-19-13-28-9-6-16(19)22-23(30-18-5-3-4-17(27)24(18)34-2)20-21(31-22)15(7-10-32)12-29-25(20)33/h3-6,9,13,15,30-32H,7-8,10-12,14H2,1-2H3,(H,29,33). The summed E-state index contributed by atoms with van der Waals surface area (Å²) >= 11 is 6.37. The van der Waals surface area contributed by atoms with Gasteiger partial charge in [0.1, 0.15) is 18.0 Å². The van der Waals surface area contributed by atoms with Crippen molar-refractivity contribution in [3.8, 4) is 22.8 Å². The van der Waals surface area contributed by atoms with Crippen LogP contribution in [0.15, 0.2) is 36.7 Å². The van der Waals surface area contributed by atoms with Crippen molar-refractivity contribution in [1.82, 2.24) is 15.3 Å². The van der Waals surface area contributed by atoms with E-state index in [1.807, 2.05) is 19.1 Å². The number of rotatable bonds is 9. The molecule has 0 spiro atoms. The average Bonchev–Trinajstić information content (AvgIpc) is 3.24. The topological polar surface area (TPSA) is 118 Å². The number of pyridine rings is 1. The van der Waals surface area contributed by atoms with E-state index in [2.05, 4.69) is 20.6 Å². The second-order valence-electron chi connectivity index (χ2n) is 9.24. The SMILES string of the molecule is COc1c(Cl)cccc1Nc1c(-c2ccncc2OCC2(C)CCO2)[nH]c2c1C(=O)NCC2CCO. The van der Waals surface area contributed by atoms with Gasteiger partial charge in [0.25, 0.3) is 5.91 Å². The Hall–Kier alpha value is -3.27. The minimum Gasteiger partial charge on any atom is -0.493 e. The molecule has 190 valence electrons. The second kappa shape index (κ2) is 10.0. The maximum absolute atomic E-state index is 13.1. The molecule has 3 aromatic rings. The third-order valence-electron chi connectivity index (χ3n) is 6.75. The summed E-state index contributed by atoms with van der Waals surface area (Å²) in [6.45, 7) is 3.55. The Balaban J connectivity index is 1.63. The lowest BCUT2D eigenvalue weighted by Crippen LogP contribution is -2.45. The third-order valence-corrected chi connectivity index (χ3v) is 7.05. The number of anilines is 2. The first-order chi connectivity index (χ1) is 17.4. The van der Waals surface area contributed by atoms with Crippen molar-refractivity contribution in [2.45, 2.75) is 31.3 Å². The van der Waals surface area contributed by atoms with Gasteiger partial charge in [-0.1, -0.05) is 17.7 Å². The van der Waals surface area contributed by atoms with Crippen molar-refractivity contribution >= 4 is 28.9 Å². The third kappa shape index (κ3) is 4.50. The Morgan fingerprint density at radius 1 is 1.36 bits per heavy atom. The fraction of sp³-hybridized carbons (Fsp3) is 0.385. The van der Waals surface area contributed by atoms with E-state index in [-0.39, 0.29) is 24.0 Å². The molecule has 1 aromatic carbocycles. The Bertz CT molecular complexity index is 1270. The number of ether oxygens (including phenoxy) is 3. The number of methoxy groups -OCH3 is 1. The van der Waals surface area contributed by atoms with Crippen LogP contribution in [0.3, 0.4) is 0 Å². The van der Waals surface area contributed by atoms with Crippen LogP contribution >= 0.6 is 11.6 Å². The smallest absolute Gasteiger partial charge is 0.255 e. The van der Waals surface area contributed by atoms with Gasteiger partial charge in [0, 0.05) is 42.9 Å². The van der Waals surface area contributed by atoms with Gasteiger partial charge in [-0.2, -0.15) is 0 Å². The molecule has 4 heterocycles. The van der Waals surface area contributed by atoms with Gasteiger partial charge in [0.15, 0.2) is 5.75 Å². The van der Waals surface area contributed by atoms with Crippen LogP contribution in [0, 0.1) is 0 Å². The molecule has 0 bridgehead atoms. The maximum Gasteiger partial charge on any atom is 0.255 e. The molecule has 2 atom stereocenters. The fourth-order valence-electron chi connectivity index (χ4n) is 4.64. The first-order valence-corrected chi connectivity index (χ1v) is 12.3. The highest BCUT2D eigenvalue weighted by atomic mass is 35.5. The Morgan fingerprint density at radius 3 is 2.92 bits per heavy atom. The number of aliphatic hydroxyl groups excluding tert-OH is 1. The number of amides is 1. The van der Waals surface area contributed by atoms with E-state index < -0.39 is 0 Å². The first-order valence-electron chi connectivity index (χ1n) is 11.9. The number of hydrogen-bond donors (Lipinski definition) is 4. The van der Waals surface area contributed by atoms with Crippen LogP contribution < -0.4 is 20.1 Å². The number of halogens is 1. The van der Waals surface area contributed by atoms with Crippen LogP contribution in [0.1, 0.15) is 41.7 Å². The van der Waals surface area contributed by atoms with Crippen LogP contribution in [-0.4, -0.2) is 60.1 Å². The number of nitrogens with zero attached hydrogens (tertiary/aromatic N) is 1. The molecular formula is C26H29ClN4O5. The molecule has 0 saturated carbocycles. The Kier molecular flexibility index (Phi) is 6.79. The lowest BCUT2D eigenvalue weighted by atomic mass is 9.94. The van der Waals surface area contributed by atoms with Gasteiger partial charge in [-0.3, -0.25) is 9.78 Å². The molecule has 2 aromatic heterocycles. The van der Waals surface area contributed by atoms with Crippen molar-refractivity contribution in [2.75, 3.05) is 38.8 Å². The molecule has 9 nitrogen and oxygen atoms in total. The summed E-state index contributed by atoms with van der Waals surface area (Å²) in [5, 5.41) is 16.4. The quantitative estimate of drug-likeness (QED) is 0.338. The maximum atomic E-state index is 13.1. The largest absolute Gasteiger partial charge is 0.493 e. The number of carbonyl (C=O) groups excluding carboxylic acids is 1. The number of carbonyl (C=O) groups is 1. The molecule has 1 saturated heterocycles. The van der Waals surface area contributed by atoms with Gasteiger partial charge < -0.3 is 34.9 Å². The van der Waals surface area contributed by atoms with Crippen LogP contribution in [-0.2, 0) is 4.74 Å². The Morgan fingerprint density at radius 2 is 2.19 bits per heavy atom. The monoisotopic (exact) mass is 512 g/mol. The predicted octanol–water partition coefficient (Wildman–Crippen LogP) is 4.25. The van der Waals surface area contributed by atoms with E-state index in [4.69, 9.17) is 25.8 Å². The average molecular weight is 513 g/mol. The molecule has 1 amide bonds. The Labute approximate surface area is 214 Å². The zero-order valence-corrected chi connectivity index (χ0v) is 20.9. The molecule has 0 aliphatic carbocycles. The molecule has 4 N–H and O–H groups in total. The van der Waals surface area contributed by atoms with Gasteiger partial charge in [-0.25, -0.2) is 0 Å². The van der Waals surface area contributed by atoms with E-state index in [1.54, 1.807) is 31.6 Å². The first kappa shape index (κ1) is 24.4. The van der Waals surface area contributed by atoms with Crippen molar-refractivity contribution < 1.29 is 24.1 Å². The molecule has 2 aliphatic heterocycles. The van der Waals surface area contributed by atoms with E-state index in [0.29, 0.717) is 58.7 Å². The summed E-state index contributed by atoms with van der Waals surface area (Å²) in [7, 11) is 1.54. The highest BCUT2D eigenvalue weighted by Gasteiger charge is 2.36. The van der Waals surface area contributed by atoms with Crippen molar-refractivity contribution in [1.29, 1.82) is 0 Å². The van der Waals surface area contributed by atoms with Crippen molar-refractivity contribution in [3.05, 3.63) is 52.9 Å². The van der Waals surface area contributed by atoms with E-state index >= 15 is 0 Å². The van der Waals surface area contributed by atoms with Gasteiger partial charge >= 0.3 is 0 Å². The van der Waals surface area contributed by atoms with Gasteiger partial charge in [-0.15, -0.1) is 0 Å². The molecule has 1 fully saturated rings. The van der Waals surface area contributed by atoms with E-state index in [0.717, 1.165) is 24.3 Å². The molecular weight excluding hydrogens is 484 g/mol. The zero-order valence-electron chi connectivity index (χ0n) is 20.2. The molecule has 2 unspecified atom stereocenters. The molecule has 5 rings (SSSR count). The molecule has 2 aliphatic rings. The second-order valence-corrected chi connectivity index (χ2v) is 9.64. The lowest BCUT2D eigenvalue weighted by molar-refractivity contribution is -0.152. The van der Waals surface area contributed by atoms with Gasteiger partial charge in [0.05, 0.1) is 47.6 Å². The highest BCUT2D eigenvalue weighted by Crippen LogP contribution is 2.45. The summed E-state index contributed by atoms with van der Waals surface area (Å²) in [6, 6.07) is 7.22. The van der Waals surface area contributed by atoms with Gasteiger partial charge in [0.2, 0.25) is 0 Å². The summed E-state index contributed by atoms with van der Waals surface area (Å²) in [4.78, 5) is 20.9. The highest BCUT2D eigenvalue weighted by molar-refractivity contribution is 6.32. The normalized spacial score (nSPS) is 20.8. The van der Waals surface area contributed by atoms with Crippen LogP contribution in [0.25, 0.3) is 11.3 Å². The number of fused-ring (bicyclic) bond motifs is 1. The number of para-hydroxylation sites is 1.